The monoisotopic (exact) mass is 618 g/mol. The van der Waals surface area contributed by atoms with Crippen molar-refractivity contribution < 1.29 is 33.4 Å². The first kappa shape index (κ1) is 36.8. The number of halogens is 2. The van der Waals surface area contributed by atoms with Crippen LogP contribution in [0.5, 0.6) is 0 Å². The molecule has 3 amide bonds. The molecule has 0 aliphatic heterocycles. The molecule has 5 N–H and O–H groups in total. The number of aliphatic hydroxyl groups excluding tert-OH is 2. The minimum atomic E-state index is -1.70. The minimum absolute atomic E-state index is 0.128. The summed E-state index contributed by atoms with van der Waals surface area (Å²) < 4.78 is 28.2. The second-order valence-electron chi connectivity index (χ2n) is 12.1. The predicted octanol–water partition coefficient (Wildman–Crippen LogP) is 3.92. The summed E-state index contributed by atoms with van der Waals surface area (Å²) >= 11 is 0. The van der Waals surface area contributed by atoms with E-state index in [2.05, 4.69) is 27.9 Å². The molecule has 0 saturated heterocycles. The quantitative estimate of drug-likeness (QED) is 0.161. The number of amides is 3. The smallest absolute Gasteiger partial charge is 0.253 e. The first-order valence-electron chi connectivity index (χ1n) is 15.4. The summed E-state index contributed by atoms with van der Waals surface area (Å²) in [5.74, 6) is -4.57. The SMILES string of the molecule is CCCCCCC(NC(=O)c1cccnc1)C(=O)N[C@@H](Cc1cc(F)cc(F)c1)[C@@H](O)[C@H](O)[C@H](C(=O)NCC(C)C)C(C)C. The Bertz CT molecular complexity index is 1180. The lowest BCUT2D eigenvalue weighted by Gasteiger charge is -2.34. The second kappa shape index (κ2) is 18.4. The van der Waals surface area contributed by atoms with Crippen LogP contribution in [0.1, 0.15) is 82.6 Å². The summed E-state index contributed by atoms with van der Waals surface area (Å²) in [5, 5.41) is 31.0. The van der Waals surface area contributed by atoms with Crippen molar-refractivity contribution in [3.05, 3.63) is 65.5 Å². The number of benzene rings is 1. The van der Waals surface area contributed by atoms with Crippen molar-refractivity contribution in [1.29, 1.82) is 0 Å². The molecule has 1 aromatic carbocycles. The van der Waals surface area contributed by atoms with Crippen LogP contribution in [-0.2, 0) is 16.0 Å². The Kier molecular flexibility index (Phi) is 15.4. The summed E-state index contributed by atoms with van der Waals surface area (Å²) in [6, 6.07) is 3.74. The number of nitrogens with zero attached hydrogens (tertiary/aromatic N) is 1. The van der Waals surface area contributed by atoms with E-state index in [0.717, 1.165) is 31.4 Å². The van der Waals surface area contributed by atoms with Crippen molar-refractivity contribution in [2.24, 2.45) is 17.8 Å². The van der Waals surface area contributed by atoms with Crippen LogP contribution in [0.15, 0.2) is 42.7 Å². The zero-order chi connectivity index (χ0) is 32.8. The van der Waals surface area contributed by atoms with Gasteiger partial charge >= 0.3 is 0 Å². The molecule has 0 fully saturated rings. The lowest BCUT2D eigenvalue weighted by atomic mass is 9.83. The van der Waals surface area contributed by atoms with Gasteiger partial charge in [-0.25, -0.2) is 8.78 Å². The molecule has 0 radical (unpaired) electrons. The first-order valence-corrected chi connectivity index (χ1v) is 15.4. The van der Waals surface area contributed by atoms with E-state index in [1.807, 2.05) is 13.8 Å². The van der Waals surface area contributed by atoms with Gasteiger partial charge in [0.25, 0.3) is 5.91 Å². The maximum atomic E-state index is 14.1. The van der Waals surface area contributed by atoms with Crippen LogP contribution in [0.4, 0.5) is 8.78 Å². The van der Waals surface area contributed by atoms with Crippen molar-refractivity contribution in [3.8, 4) is 0 Å². The third-order valence-electron chi connectivity index (χ3n) is 7.43. The summed E-state index contributed by atoms with van der Waals surface area (Å²) in [4.78, 5) is 43.6. The van der Waals surface area contributed by atoms with Crippen molar-refractivity contribution in [1.82, 2.24) is 20.9 Å². The molecule has 2 rings (SSSR count). The standard InChI is InChI=1S/C33H48F2N4O5/c1-6-7-8-9-12-26(38-31(42)23-11-10-13-36-19-23)32(43)39-27(16-22-14-24(34)17-25(35)15-22)29(40)30(41)28(21(4)5)33(44)37-18-20(2)3/h10-11,13-15,17,19-21,26-30,40-41H,6-9,12,16,18H2,1-5H3,(H,37,44)(H,38,42)(H,39,43)/t26?,27-,28+,29+,30+/m0/s1. The second-order valence-corrected chi connectivity index (χ2v) is 12.1. The number of pyridine rings is 1. The van der Waals surface area contributed by atoms with Crippen molar-refractivity contribution in [2.45, 2.75) is 97.4 Å². The van der Waals surface area contributed by atoms with Gasteiger partial charge in [0.15, 0.2) is 0 Å². The highest BCUT2D eigenvalue weighted by atomic mass is 19.1. The van der Waals surface area contributed by atoms with Gasteiger partial charge in [-0.15, -0.1) is 0 Å². The molecule has 0 saturated carbocycles. The molecule has 0 aliphatic carbocycles. The van der Waals surface area contributed by atoms with E-state index in [-0.39, 0.29) is 29.4 Å². The molecule has 1 heterocycles. The summed E-state index contributed by atoms with van der Waals surface area (Å²) in [6.45, 7) is 9.71. The molecule has 9 nitrogen and oxygen atoms in total. The van der Waals surface area contributed by atoms with E-state index >= 15 is 0 Å². The van der Waals surface area contributed by atoms with Crippen LogP contribution in [0.3, 0.4) is 0 Å². The van der Waals surface area contributed by atoms with Gasteiger partial charge in [0.05, 0.1) is 23.6 Å². The summed E-state index contributed by atoms with van der Waals surface area (Å²) in [5.41, 5.74) is 0.386. The molecule has 1 aromatic heterocycles. The summed E-state index contributed by atoms with van der Waals surface area (Å²) in [7, 11) is 0. The Morgan fingerprint density at radius 3 is 2.16 bits per heavy atom. The van der Waals surface area contributed by atoms with Crippen molar-refractivity contribution in [2.75, 3.05) is 6.54 Å². The largest absolute Gasteiger partial charge is 0.390 e. The Morgan fingerprint density at radius 1 is 0.909 bits per heavy atom. The van der Waals surface area contributed by atoms with Crippen LogP contribution in [0, 0.1) is 29.4 Å². The molecular formula is C33H48F2N4O5. The number of unbranched alkanes of at least 4 members (excludes halogenated alkanes) is 3. The summed E-state index contributed by atoms with van der Waals surface area (Å²) in [6.07, 6.45) is 2.99. The fraction of sp³-hybridized carbons (Fsp3) is 0.576. The first-order chi connectivity index (χ1) is 20.8. The molecule has 0 bridgehead atoms. The number of aliphatic hydroxyl groups is 2. The van der Waals surface area contributed by atoms with Gasteiger partial charge in [0.2, 0.25) is 11.8 Å². The van der Waals surface area contributed by atoms with Gasteiger partial charge in [-0.3, -0.25) is 19.4 Å². The van der Waals surface area contributed by atoms with Crippen LogP contribution in [0.25, 0.3) is 0 Å². The molecule has 1 unspecified atom stereocenters. The molecule has 11 heteroatoms. The van der Waals surface area contributed by atoms with Crippen LogP contribution in [0.2, 0.25) is 0 Å². The van der Waals surface area contributed by atoms with E-state index in [9.17, 15) is 33.4 Å². The topological polar surface area (TPSA) is 141 Å². The lowest BCUT2D eigenvalue weighted by Crippen LogP contribution is -2.58. The average molecular weight is 619 g/mol. The van der Waals surface area contributed by atoms with E-state index in [4.69, 9.17) is 0 Å². The van der Waals surface area contributed by atoms with Gasteiger partial charge in [-0.2, -0.15) is 0 Å². The van der Waals surface area contributed by atoms with Crippen LogP contribution >= 0.6 is 0 Å². The van der Waals surface area contributed by atoms with Crippen LogP contribution < -0.4 is 16.0 Å². The van der Waals surface area contributed by atoms with E-state index in [1.165, 1.54) is 12.4 Å². The maximum Gasteiger partial charge on any atom is 0.253 e. The zero-order valence-electron chi connectivity index (χ0n) is 26.4. The van der Waals surface area contributed by atoms with Gasteiger partial charge in [-0.1, -0.05) is 60.3 Å². The zero-order valence-corrected chi connectivity index (χ0v) is 26.4. The molecule has 244 valence electrons. The van der Waals surface area contributed by atoms with E-state index in [1.54, 1.807) is 26.0 Å². The molecule has 5 atom stereocenters. The lowest BCUT2D eigenvalue weighted by molar-refractivity contribution is -0.136. The Labute approximate surface area is 259 Å². The average Bonchev–Trinajstić information content (AvgIpc) is 2.96. The van der Waals surface area contributed by atoms with Crippen molar-refractivity contribution >= 4 is 17.7 Å². The van der Waals surface area contributed by atoms with Crippen LogP contribution in [-0.4, -0.2) is 63.8 Å². The highest BCUT2D eigenvalue weighted by Crippen LogP contribution is 2.23. The number of carbonyl (C=O) groups excluding carboxylic acids is 3. The van der Waals surface area contributed by atoms with E-state index < -0.39 is 59.6 Å². The number of nitrogens with one attached hydrogen (secondary N) is 3. The highest BCUT2D eigenvalue weighted by Gasteiger charge is 2.39. The van der Waals surface area contributed by atoms with Gasteiger partial charge in [0.1, 0.15) is 23.8 Å². The predicted molar refractivity (Wildman–Crippen MR) is 164 cm³/mol. The minimum Gasteiger partial charge on any atom is -0.390 e. The number of hydrogen-bond acceptors (Lipinski definition) is 6. The fourth-order valence-electron chi connectivity index (χ4n) is 5.03. The molecule has 0 aliphatic rings. The molecule has 0 spiro atoms. The number of rotatable bonds is 18. The number of aromatic nitrogens is 1. The third kappa shape index (κ3) is 11.9. The Hall–Kier alpha value is -3.44. The number of hydrogen-bond donors (Lipinski definition) is 5. The van der Waals surface area contributed by atoms with Gasteiger partial charge < -0.3 is 26.2 Å². The maximum absolute atomic E-state index is 14.1. The third-order valence-corrected chi connectivity index (χ3v) is 7.43. The molecular weight excluding hydrogens is 570 g/mol. The van der Waals surface area contributed by atoms with Gasteiger partial charge in [-0.05, 0) is 54.5 Å². The normalized spacial score (nSPS) is 14.9. The van der Waals surface area contributed by atoms with Crippen molar-refractivity contribution in [3.63, 3.8) is 0 Å². The molecule has 44 heavy (non-hydrogen) atoms. The number of carbonyl (C=O) groups is 3. The fourth-order valence-corrected chi connectivity index (χ4v) is 5.03. The Morgan fingerprint density at radius 2 is 1.59 bits per heavy atom. The van der Waals surface area contributed by atoms with E-state index in [0.29, 0.717) is 25.5 Å². The molecule has 2 aromatic rings. The Balaban J connectivity index is 2.38. The highest BCUT2D eigenvalue weighted by molar-refractivity contribution is 5.97. The van der Waals surface area contributed by atoms with Gasteiger partial charge in [0, 0.05) is 25.0 Å².